The molecule has 1 atom stereocenters. The molecule has 1 aliphatic rings. The van der Waals surface area contributed by atoms with E-state index in [0.29, 0.717) is 35.3 Å². The molecule has 1 amide bonds. The SMILES string of the molecule is [2H][C@]1(C)CN(C(=O)C=C)CCN1c1nc(=O)n(-c2c(CC)ccnc2C(C)C)c2nc(-c3c(F)cccc3C=C)c(Cl)cc12. The summed E-state index contributed by atoms with van der Waals surface area (Å²) in [5.41, 5.74) is 2.45. The first-order chi connectivity index (χ1) is 20.9. The maximum Gasteiger partial charge on any atom is 0.355 e. The van der Waals surface area contributed by atoms with Crippen LogP contribution in [0.4, 0.5) is 10.2 Å². The molecule has 0 saturated carbocycles. The van der Waals surface area contributed by atoms with E-state index in [9.17, 15) is 11.0 Å². The van der Waals surface area contributed by atoms with Gasteiger partial charge < -0.3 is 9.80 Å². The topological polar surface area (TPSA) is 84.2 Å². The number of piperazine rings is 1. The van der Waals surface area contributed by atoms with Crippen LogP contribution < -0.4 is 10.6 Å². The number of hydrogen-bond acceptors (Lipinski definition) is 6. The molecule has 0 unspecified atom stereocenters. The van der Waals surface area contributed by atoms with Gasteiger partial charge in [-0.25, -0.2) is 18.7 Å². The van der Waals surface area contributed by atoms with Gasteiger partial charge in [0, 0.05) is 37.4 Å². The zero-order chi connectivity index (χ0) is 31.9. The highest BCUT2D eigenvalue weighted by Crippen LogP contribution is 2.37. The molecule has 0 bridgehead atoms. The zero-order valence-electron chi connectivity index (χ0n) is 25.7. The number of hydrogen-bond donors (Lipinski definition) is 0. The molecule has 222 valence electrons. The van der Waals surface area contributed by atoms with E-state index >= 15 is 4.39 Å². The number of carbonyl (C=O) groups is 1. The summed E-state index contributed by atoms with van der Waals surface area (Å²) in [6.07, 6.45) is 5.06. The highest BCUT2D eigenvalue weighted by atomic mass is 35.5. The Kier molecular flexibility index (Phi) is 8.08. The molecule has 43 heavy (non-hydrogen) atoms. The van der Waals surface area contributed by atoms with Crippen molar-refractivity contribution in [1.29, 1.82) is 0 Å². The number of nitrogens with zero attached hydrogens (tertiary/aromatic N) is 6. The Balaban J connectivity index is 1.89. The minimum Gasteiger partial charge on any atom is -0.350 e. The van der Waals surface area contributed by atoms with Gasteiger partial charge in [-0.2, -0.15) is 4.98 Å². The van der Waals surface area contributed by atoms with Crippen molar-refractivity contribution in [2.24, 2.45) is 0 Å². The standard InChI is InChI=1S/C33H34ClFN6O2/c1-7-21-11-10-12-25(35)27(21)29-24(34)17-23-31(40-16-15-39(18-20(40)6)26(42)9-3)38-33(43)41(32(23)37-29)30-22(8-2)13-14-36-28(30)19(4)5/h7,9-14,17,19-20H,1,3,8,15-16,18H2,2,4-6H3/t20-/m0/s1/i20D. The molecule has 0 aliphatic carbocycles. The summed E-state index contributed by atoms with van der Waals surface area (Å²) in [5, 5.41) is 0.537. The fraction of sp³-hybridized carbons (Fsp3) is 0.303. The lowest BCUT2D eigenvalue weighted by atomic mass is 10.0. The van der Waals surface area contributed by atoms with Gasteiger partial charge in [0.05, 0.1) is 28.9 Å². The quantitative estimate of drug-likeness (QED) is 0.235. The minimum atomic E-state index is -1.35. The Morgan fingerprint density at radius 1 is 1.26 bits per heavy atom. The molecule has 1 saturated heterocycles. The average molecular weight is 602 g/mol. The van der Waals surface area contributed by atoms with E-state index < -0.39 is 17.5 Å². The second kappa shape index (κ2) is 12.1. The number of carbonyl (C=O) groups excluding carboxylic acids is 1. The van der Waals surface area contributed by atoms with Crippen LogP contribution in [0.1, 0.15) is 51.8 Å². The van der Waals surface area contributed by atoms with E-state index in [0.717, 1.165) is 5.56 Å². The van der Waals surface area contributed by atoms with E-state index in [1.54, 1.807) is 36.2 Å². The first-order valence-corrected chi connectivity index (χ1v) is 14.5. The predicted octanol–water partition coefficient (Wildman–Crippen LogP) is 6.19. The van der Waals surface area contributed by atoms with Crippen LogP contribution in [0.15, 0.2) is 60.6 Å². The van der Waals surface area contributed by atoms with Gasteiger partial charge in [-0.15, -0.1) is 0 Å². The number of pyridine rings is 2. The molecular weight excluding hydrogens is 567 g/mol. The van der Waals surface area contributed by atoms with Crippen LogP contribution in [0, 0.1) is 5.82 Å². The molecule has 1 fully saturated rings. The van der Waals surface area contributed by atoms with Gasteiger partial charge in [0.2, 0.25) is 5.91 Å². The second-order valence-corrected chi connectivity index (χ2v) is 11.1. The fourth-order valence-electron chi connectivity index (χ4n) is 5.58. The van der Waals surface area contributed by atoms with Gasteiger partial charge in [-0.05, 0) is 54.7 Å². The normalized spacial score (nSPS) is 17.3. The molecule has 4 heterocycles. The Morgan fingerprint density at radius 2 is 2.02 bits per heavy atom. The minimum absolute atomic E-state index is 0.0455. The number of aryl methyl sites for hydroxylation is 1. The number of aromatic nitrogens is 4. The molecule has 1 aliphatic heterocycles. The molecular formula is C33H34ClFN6O2. The molecule has 1 aromatic carbocycles. The lowest BCUT2D eigenvalue weighted by Crippen LogP contribution is -2.54. The first kappa shape index (κ1) is 28.7. The third kappa shape index (κ3) is 5.33. The van der Waals surface area contributed by atoms with E-state index in [1.807, 2.05) is 26.8 Å². The lowest BCUT2D eigenvalue weighted by molar-refractivity contribution is -0.126. The number of benzene rings is 1. The number of fused-ring (bicyclic) bond motifs is 1. The monoisotopic (exact) mass is 601 g/mol. The zero-order valence-corrected chi connectivity index (χ0v) is 25.5. The molecule has 10 heteroatoms. The van der Waals surface area contributed by atoms with Crippen molar-refractivity contribution in [2.75, 3.05) is 24.5 Å². The number of anilines is 1. The summed E-state index contributed by atoms with van der Waals surface area (Å²) < 4.78 is 26.0. The molecule has 8 nitrogen and oxygen atoms in total. The third-order valence-corrected chi connectivity index (χ3v) is 8.00. The summed E-state index contributed by atoms with van der Waals surface area (Å²) in [7, 11) is 0. The highest BCUT2D eigenvalue weighted by molar-refractivity contribution is 6.34. The molecule has 0 radical (unpaired) electrons. The van der Waals surface area contributed by atoms with E-state index in [1.165, 1.54) is 27.7 Å². The van der Waals surface area contributed by atoms with Crippen molar-refractivity contribution in [1.82, 2.24) is 24.4 Å². The Labute approximate surface area is 256 Å². The fourth-order valence-corrected chi connectivity index (χ4v) is 5.83. The van der Waals surface area contributed by atoms with Gasteiger partial charge in [0.25, 0.3) is 0 Å². The number of rotatable bonds is 7. The second-order valence-electron chi connectivity index (χ2n) is 10.7. The smallest absolute Gasteiger partial charge is 0.350 e. The largest absolute Gasteiger partial charge is 0.355 e. The molecule has 0 spiro atoms. The van der Waals surface area contributed by atoms with Crippen LogP contribution in [-0.4, -0.2) is 56.0 Å². The van der Waals surface area contributed by atoms with Crippen LogP contribution >= 0.6 is 11.6 Å². The number of halogens is 2. The highest BCUT2D eigenvalue weighted by Gasteiger charge is 2.31. The summed E-state index contributed by atoms with van der Waals surface area (Å²) in [5.74, 6) is -0.662. The Morgan fingerprint density at radius 3 is 2.67 bits per heavy atom. The van der Waals surface area contributed by atoms with Crippen molar-refractivity contribution in [2.45, 2.75) is 46.1 Å². The predicted molar refractivity (Wildman–Crippen MR) is 170 cm³/mol. The maximum atomic E-state index is 15.4. The van der Waals surface area contributed by atoms with Crippen molar-refractivity contribution in [3.63, 3.8) is 0 Å². The summed E-state index contributed by atoms with van der Waals surface area (Å²) in [4.78, 5) is 43.8. The Hall–Kier alpha value is -4.37. The van der Waals surface area contributed by atoms with Gasteiger partial charge in [0.15, 0.2) is 5.65 Å². The van der Waals surface area contributed by atoms with Gasteiger partial charge in [0.1, 0.15) is 11.6 Å². The van der Waals surface area contributed by atoms with Crippen molar-refractivity contribution in [3.05, 3.63) is 93.9 Å². The maximum absolute atomic E-state index is 15.4. The first-order valence-electron chi connectivity index (χ1n) is 14.6. The van der Waals surface area contributed by atoms with Crippen LogP contribution in [-0.2, 0) is 11.2 Å². The van der Waals surface area contributed by atoms with Crippen LogP contribution in [0.25, 0.3) is 34.1 Å². The van der Waals surface area contributed by atoms with E-state index in [-0.39, 0.29) is 52.7 Å². The summed E-state index contributed by atoms with van der Waals surface area (Å²) in [6.45, 7) is 15.6. The van der Waals surface area contributed by atoms with Crippen LogP contribution in [0.2, 0.25) is 5.02 Å². The van der Waals surface area contributed by atoms with Gasteiger partial charge >= 0.3 is 5.69 Å². The summed E-state index contributed by atoms with van der Waals surface area (Å²) in [6, 6.07) is 6.72. The van der Waals surface area contributed by atoms with Crippen molar-refractivity contribution < 1.29 is 10.6 Å². The van der Waals surface area contributed by atoms with Crippen LogP contribution in [0.3, 0.4) is 0 Å². The Bertz CT molecular complexity index is 1870. The average Bonchev–Trinajstić information content (AvgIpc) is 2.99. The van der Waals surface area contributed by atoms with E-state index in [4.69, 9.17) is 16.6 Å². The van der Waals surface area contributed by atoms with E-state index in [2.05, 4.69) is 23.1 Å². The lowest BCUT2D eigenvalue weighted by Gasteiger charge is -2.40. The molecule has 0 N–H and O–H groups in total. The van der Waals surface area contributed by atoms with Gasteiger partial charge in [-0.1, -0.05) is 63.7 Å². The number of amides is 1. The molecule has 5 rings (SSSR count). The molecule has 4 aromatic rings. The van der Waals surface area contributed by atoms with Crippen molar-refractivity contribution in [3.8, 4) is 16.9 Å². The third-order valence-electron chi connectivity index (χ3n) is 7.71. The summed E-state index contributed by atoms with van der Waals surface area (Å²) >= 11 is 6.86. The van der Waals surface area contributed by atoms with Gasteiger partial charge in [-0.3, -0.25) is 9.78 Å². The molecule has 3 aromatic heterocycles. The van der Waals surface area contributed by atoms with Crippen LogP contribution in [0.5, 0.6) is 0 Å². The van der Waals surface area contributed by atoms with Crippen molar-refractivity contribution >= 4 is 40.4 Å².